The van der Waals surface area contributed by atoms with Crippen molar-refractivity contribution in [2.75, 3.05) is 19.6 Å². The van der Waals surface area contributed by atoms with Crippen LogP contribution in [0.1, 0.15) is 45.0 Å². The Balaban J connectivity index is 0.00000144. The molecule has 9 heteroatoms. The number of nitrogens with zero attached hydrogens (tertiary/aromatic N) is 3. The number of amides is 1. The van der Waals surface area contributed by atoms with Crippen LogP contribution in [-0.4, -0.2) is 40.4 Å². The summed E-state index contributed by atoms with van der Waals surface area (Å²) in [7, 11) is 0. The van der Waals surface area contributed by atoms with E-state index in [1.54, 1.807) is 11.3 Å². The largest absolute Gasteiger partial charge is 0.337 e. The zero-order valence-corrected chi connectivity index (χ0v) is 16.7. The first-order chi connectivity index (χ1) is 10.7. The van der Waals surface area contributed by atoms with Gasteiger partial charge in [-0.05, 0) is 26.3 Å². The number of carbonyl (C=O) groups excluding carboxylic acids is 1. The molecule has 0 radical (unpaired) electrons. The summed E-state index contributed by atoms with van der Waals surface area (Å²) in [4.78, 5) is 23.5. The highest BCUT2D eigenvalue weighted by Crippen LogP contribution is 2.30. The molecule has 134 valence electrons. The summed E-state index contributed by atoms with van der Waals surface area (Å²) in [5, 5.41) is 6.02. The fraction of sp³-hybridized carbons (Fsp3) is 0.533. The molecule has 5 nitrogen and oxygen atoms in total. The van der Waals surface area contributed by atoms with Crippen LogP contribution in [0.3, 0.4) is 0 Å². The van der Waals surface area contributed by atoms with Crippen LogP contribution in [0.15, 0.2) is 10.8 Å². The molecule has 1 aliphatic rings. The molecule has 3 heterocycles. The van der Waals surface area contributed by atoms with Gasteiger partial charge in [0.1, 0.15) is 5.69 Å². The summed E-state index contributed by atoms with van der Waals surface area (Å²) in [5.74, 6) is 0.399. The Kier molecular flexibility index (Phi) is 8.59. The molecular weight excluding hydrogens is 387 g/mol. The summed E-state index contributed by atoms with van der Waals surface area (Å²) in [6, 6.07) is 0. The Labute approximate surface area is 162 Å². The number of piperidine rings is 1. The van der Waals surface area contributed by atoms with Gasteiger partial charge < -0.3 is 10.6 Å². The first-order valence-corrected chi connectivity index (χ1v) is 9.29. The summed E-state index contributed by atoms with van der Waals surface area (Å²) in [6.45, 7) is 4.13. The maximum absolute atomic E-state index is 12.6. The maximum atomic E-state index is 12.6. The Hall–Kier alpha value is -0.730. The molecule has 1 fully saturated rings. The third kappa shape index (κ3) is 4.89. The zero-order chi connectivity index (χ0) is 15.5. The average Bonchev–Trinajstić information content (AvgIpc) is 3.16. The number of hydrogen-bond donors (Lipinski definition) is 1. The number of likely N-dealkylation sites (tertiary alicyclic amines) is 1. The first kappa shape index (κ1) is 21.3. The SMILES string of the molecule is Cc1csc(C2CCCN(C(=O)c3csc(CCN)n3)C2)n1.Cl.Cl. The van der Waals surface area contributed by atoms with Crippen LogP contribution >= 0.6 is 47.5 Å². The molecule has 3 rings (SSSR count). The van der Waals surface area contributed by atoms with Crippen LogP contribution in [0.2, 0.25) is 0 Å². The van der Waals surface area contributed by atoms with Crippen LogP contribution in [0, 0.1) is 6.92 Å². The number of halogens is 2. The molecule has 2 N–H and O–H groups in total. The second-order valence-electron chi connectivity index (χ2n) is 5.58. The summed E-state index contributed by atoms with van der Waals surface area (Å²) >= 11 is 3.22. The van der Waals surface area contributed by atoms with Gasteiger partial charge >= 0.3 is 0 Å². The van der Waals surface area contributed by atoms with Crippen molar-refractivity contribution in [3.63, 3.8) is 0 Å². The minimum absolute atomic E-state index is 0. The second-order valence-corrected chi connectivity index (χ2v) is 7.41. The van der Waals surface area contributed by atoms with Crippen molar-refractivity contribution in [3.05, 3.63) is 32.2 Å². The third-order valence-corrected chi connectivity index (χ3v) is 5.86. The van der Waals surface area contributed by atoms with E-state index in [-0.39, 0.29) is 30.7 Å². The van der Waals surface area contributed by atoms with Gasteiger partial charge in [-0.2, -0.15) is 0 Å². The van der Waals surface area contributed by atoms with E-state index in [4.69, 9.17) is 5.73 Å². The minimum Gasteiger partial charge on any atom is -0.337 e. The van der Waals surface area contributed by atoms with Gasteiger partial charge in [0.25, 0.3) is 5.91 Å². The predicted molar refractivity (Wildman–Crippen MR) is 104 cm³/mol. The van der Waals surface area contributed by atoms with Crippen LogP contribution in [0.4, 0.5) is 0 Å². The molecule has 0 bridgehead atoms. The molecule has 0 aromatic carbocycles. The molecule has 1 saturated heterocycles. The highest BCUT2D eigenvalue weighted by atomic mass is 35.5. The fourth-order valence-corrected chi connectivity index (χ4v) is 4.45. The standard InChI is InChI=1S/C15H20N4OS2.2ClH/c1-10-8-22-14(17-10)11-3-2-6-19(7-11)15(20)12-9-21-13(18-12)4-5-16;;/h8-9,11H,2-7,16H2,1H3;2*1H. The normalized spacial score (nSPS) is 17.1. The Morgan fingerprint density at radius 1 is 1.33 bits per heavy atom. The Bertz CT molecular complexity index is 661. The third-order valence-electron chi connectivity index (χ3n) is 3.82. The number of hydrogen-bond acceptors (Lipinski definition) is 6. The molecule has 2 aromatic rings. The molecule has 0 spiro atoms. The van der Waals surface area contributed by atoms with E-state index in [1.807, 2.05) is 17.2 Å². The van der Waals surface area contributed by atoms with Crippen LogP contribution < -0.4 is 5.73 Å². The number of aromatic nitrogens is 2. The van der Waals surface area contributed by atoms with Crippen molar-refractivity contribution in [2.45, 2.75) is 32.1 Å². The number of carbonyl (C=O) groups is 1. The van der Waals surface area contributed by atoms with Crippen molar-refractivity contribution in [1.82, 2.24) is 14.9 Å². The Morgan fingerprint density at radius 2 is 2.12 bits per heavy atom. The summed E-state index contributed by atoms with van der Waals surface area (Å²) in [5.41, 5.74) is 7.16. The van der Waals surface area contributed by atoms with Crippen molar-refractivity contribution >= 4 is 53.4 Å². The van der Waals surface area contributed by atoms with E-state index in [0.717, 1.165) is 48.1 Å². The molecule has 2 aromatic heterocycles. The topological polar surface area (TPSA) is 72.1 Å². The van der Waals surface area contributed by atoms with Gasteiger partial charge in [0.05, 0.1) is 10.0 Å². The molecule has 24 heavy (non-hydrogen) atoms. The van der Waals surface area contributed by atoms with Gasteiger partial charge in [-0.25, -0.2) is 9.97 Å². The number of thiazole rings is 2. The number of aryl methyl sites for hydroxylation is 1. The van der Waals surface area contributed by atoms with E-state index < -0.39 is 0 Å². The zero-order valence-electron chi connectivity index (χ0n) is 13.4. The Morgan fingerprint density at radius 3 is 2.79 bits per heavy atom. The highest BCUT2D eigenvalue weighted by Gasteiger charge is 2.28. The average molecular weight is 409 g/mol. The molecule has 1 unspecified atom stereocenters. The lowest BCUT2D eigenvalue weighted by Crippen LogP contribution is -2.39. The second kappa shape index (κ2) is 9.68. The van der Waals surface area contributed by atoms with E-state index in [1.165, 1.54) is 11.3 Å². The monoisotopic (exact) mass is 408 g/mol. The minimum atomic E-state index is 0. The van der Waals surface area contributed by atoms with E-state index >= 15 is 0 Å². The molecule has 0 aliphatic carbocycles. The molecular formula is C15H22Cl2N4OS2. The van der Waals surface area contributed by atoms with Crippen molar-refractivity contribution < 1.29 is 4.79 Å². The maximum Gasteiger partial charge on any atom is 0.273 e. The summed E-state index contributed by atoms with van der Waals surface area (Å²) < 4.78 is 0. The number of nitrogens with two attached hydrogens (primary N) is 1. The van der Waals surface area contributed by atoms with Gasteiger partial charge in [0.15, 0.2) is 0 Å². The van der Waals surface area contributed by atoms with E-state index in [9.17, 15) is 4.79 Å². The van der Waals surface area contributed by atoms with Crippen molar-refractivity contribution in [3.8, 4) is 0 Å². The van der Waals surface area contributed by atoms with Crippen LogP contribution in [-0.2, 0) is 6.42 Å². The number of rotatable bonds is 4. The highest BCUT2D eigenvalue weighted by molar-refractivity contribution is 7.10. The lowest BCUT2D eigenvalue weighted by atomic mass is 9.98. The van der Waals surface area contributed by atoms with Gasteiger partial charge in [-0.3, -0.25) is 4.79 Å². The van der Waals surface area contributed by atoms with E-state index in [2.05, 4.69) is 15.3 Å². The molecule has 0 saturated carbocycles. The lowest BCUT2D eigenvalue weighted by molar-refractivity contribution is 0.0701. The van der Waals surface area contributed by atoms with Gasteiger partial charge in [0.2, 0.25) is 0 Å². The van der Waals surface area contributed by atoms with Crippen LogP contribution in [0.25, 0.3) is 0 Å². The van der Waals surface area contributed by atoms with Crippen molar-refractivity contribution in [2.24, 2.45) is 5.73 Å². The van der Waals surface area contributed by atoms with Crippen molar-refractivity contribution in [1.29, 1.82) is 0 Å². The summed E-state index contributed by atoms with van der Waals surface area (Å²) in [6.07, 6.45) is 2.86. The molecule has 1 atom stereocenters. The fourth-order valence-electron chi connectivity index (χ4n) is 2.73. The smallest absolute Gasteiger partial charge is 0.273 e. The van der Waals surface area contributed by atoms with Gasteiger partial charge in [-0.15, -0.1) is 47.5 Å². The molecule has 1 aliphatic heterocycles. The first-order valence-electron chi connectivity index (χ1n) is 7.53. The quantitative estimate of drug-likeness (QED) is 0.841. The lowest BCUT2D eigenvalue weighted by Gasteiger charge is -2.31. The predicted octanol–water partition coefficient (Wildman–Crippen LogP) is 3.27. The van der Waals surface area contributed by atoms with E-state index in [0.29, 0.717) is 18.2 Å². The van der Waals surface area contributed by atoms with Crippen LogP contribution in [0.5, 0.6) is 0 Å². The molecule has 1 amide bonds. The van der Waals surface area contributed by atoms with Gasteiger partial charge in [-0.1, -0.05) is 0 Å². The van der Waals surface area contributed by atoms with Gasteiger partial charge in [0, 0.05) is 41.9 Å².